The summed E-state index contributed by atoms with van der Waals surface area (Å²) in [5.74, 6) is -0.811. The molecular weight excluding hydrogens is 196 g/mol. The first kappa shape index (κ1) is 14.4. The van der Waals surface area contributed by atoms with Gasteiger partial charge >= 0.3 is 5.97 Å². The molecule has 0 bridgehead atoms. The Kier molecular flexibility index (Phi) is 9.52. The highest BCUT2D eigenvalue weighted by Gasteiger charge is 2.10. The molecule has 4 nitrogen and oxygen atoms in total. The summed E-state index contributed by atoms with van der Waals surface area (Å²) in [4.78, 5) is 10.4. The molecule has 0 amide bonds. The van der Waals surface area contributed by atoms with Crippen molar-refractivity contribution in [2.45, 2.75) is 45.6 Å². The minimum atomic E-state index is -0.811. The fourth-order valence-corrected chi connectivity index (χ4v) is 1.14. The number of carboxylic acids is 1. The Hall–Kier alpha value is -0.610. The van der Waals surface area contributed by atoms with Gasteiger partial charge in [0.15, 0.2) is 0 Å². The predicted molar refractivity (Wildman–Crippen MR) is 58.0 cm³/mol. The second kappa shape index (κ2) is 9.93. The largest absolute Gasteiger partial charge is 0.481 e. The van der Waals surface area contributed by atoms with E-state index < -0.39 is 5.97 Å². The molecule has 0 saturated carbocycles. The second-order valence-corrected chi connectivity index (χ2v) is 3.46. The average Bonchev–Trinajstić information content (AvgIpc) is 2.20. The molecule has 90 valence electrons. The van der Waals surface area contributed by atoms with Gasteiger partial charge in [-0.15, -0.1) is 0 Å². The van der Waals surface area contributed by atoms with E-state index in [9.17, 15) is 4.79 Å². The molecule has 4 heteroatoms. The minimum absolute atomic E-state index is 0.0749. The van der Waals surface area contributed by atoms with Crippen LogP contribution in [0.4, 0.5) is 0 Å². The Balaban J connectivity index is 3.34. The van der Waals surface area contributed by atoms with Crippen molar-refractivity contribution in [2.24, 2.45) is 0 Å². The van der Waals surface area contributed by atoms with Crippen LogP contribution >= 0.6 is 0 Å². The van der Waals surface area contributed by atoms with E-state index in [1.807, 2.05) is 6.92 Å². The maximum atomic E-state index is 10.4. The van der Waals surface area contributed by atoms with Gasteiger partial charge < -0.3 is 14.6 Å². The number of aliphatic carboxylic acids is 1. The monoisotopic (exact) mass is 218 g/mol. The zero-order valence-electron chi connectivity index (χ0n) is 9.70. The predicted octanol–water partition coefficient (Wildman–Crippen LogP) is 2.07. The van der Waals surface area contributed by atoms with E-state index in [1.165, 1.54) is 0 Å². The van der Waals surface area contributed by atoms with Crippen LogP contribution in [0.3, 0.4) is 0 Å². The summed E-state index contributed by atoms with van der Waals surface area (Å²) in [6.45, 7) is 5.83. The van der Waals surface area contributed by atoms with Crippen LogP contribution < -0.4 is 0 Å². The molecule has 0 aromatic heterocycles. The lowest BCUT2D eigenvalue weighted by Crippen LogP contribution is -2.19. The van der Waals surface area contributed by atoms with Gasteiger partial charge in [-0.3, -0.25) is 4.79 Å². The number of unbranched alkanes of at least 4 members (excludes halogenated alkanes) is 1. The van der Waals surface area contributed by atoms with Crippen molar-refractivity contribution in [2.75, 3.05) is 19.8 Å². The third-order valence-corrected chi connectivity index (χ3v) is 2.08. The second-order valence-electron chi connectivity index (χ2n) is 3.46. The van der Waals surface area contributed by atoms with Crippen molar-refractivity contribution >= 4 is 5.97 Å². The summed E-state index contributed by atoms with van der Waals surface area (Å²) in [6.07, 6.45) is 2.80. The lowest BCUT2D eigenvalue weighted by molar-refractivity contribution is -0.140. The summed E-state index contributed by atoms with van der Waals surface area (Å²) < 4.78 is 10.7. The van der Waals surface area contributed by atoms with Gasteiger partial charge in [0.2, 0.25) is 0 Å². The van der Waals surface area contributed by atoms with Crippen molar-refractivity contribution in [3.05, 3.63) is 0 Å². The number of carboxylic acid groups (broad SMARTS) is 1. The van der Waals surface area contributed by atoms with Gasteiger partial charge in [-0.2, -0.15) is 0 Å². The quantitative estimate of drug-likeness (QED) is 0.570. The molecule has 0 radical (unpaired) electrons. The number of ether oxygens (including phenoxy) is 2. The van der Waals surface area contributed by atoms with Crippen molar-refractivity contribution in [3.63, 3.8) is 0 Å². The Bertz CT molecular complexity index is 159. The van der Waals surface area contributed by atoms with Crippen LogP contribution in [0.25, 0.3) is 0 Å². The molecule has 0 aromatic carbocycles. The first-order valence-electron chi connectivity index (χ1n) is 5.61. The van der Waals surface area contributed by atoms with Crippen LogP contribution in [0, 0.1) is 0 Å². The van der Waals surface area contributed by atoms with E-state index in [0.29, 0.717) is 13.2 Å². The van der Waals surface area contributed by atoms with Crippen molar-refractivity contribution < 1.29 is 19.4 Å². The average molecular weight is 218 g/mol. The van der Waals surface area contributed by atoms with Gasteiger partial charge in [-0.1, -0.05) is 20.3 Å². The van der Waals surface area contributed by atoms with Crippen molar-refractivity contribution in [3.8, 4) is 0 Å². The van der Waals surface area contributed by atoms with E-state index in [2.05, 4.69) is 6.92 Å². The van der Waals surface area contributed by atoms with E-state index in [1.54, 1.807) is 0 Å². The molecular formula is C11H22O4. The van der Waals surface area contributed by atoms with E-state index in [0.717, 1.165) is 25.9 Å². The highest BCUT2D eigenvalue weighted by molar-refractivity contribution is 5.67. The van der Waals surface area contributed by atoms with Crippen LogP contribution in [0.1, 0.15) is 39.5 Å². The molecule has 0 aromatic rings. The van der Waals surface area contributed by atoms with Crippen LogP contribution in [-0.2, 0) is 14.3 Å². The minimum Gasteiger partial charge on any atom is -0.481 e. The molecule has 15 heavy (non-hydrogen) atoms. The van der Waals surface area contributed by atoms with E-state index in [-0.39, 0.29) is 12.5 Å². The van der Waals surface area contributed by atoms with E-state index >= 15 is 0 Å². The first-order chi connectivity index (χ1) is 7.20. The smallest absolute Gasteiger partial charge is 0.305 e. The molecule has 0 spiro atoms. The number of hydrogen-bond donors (Lipinski definition) is 1. The Morgan fingerprint density at radius 3 is 2.53 bits per heavy atom. The van der Waals surface area contributed by atoms with Crippen LogP contribution in [-0.4, -0.2) is 37.0 Å². The molecule has 0 heterocycles. The highest BCUT2D eigenvalue weighted by Crippen LogP contribution is 2.03. The van der Waals surface area contributed by atoms with Gasteiger partial charge in [0.1, 0.15) is 0 Å². The molecule has 1 N–H and O–H groups in total. The zero-order valence-corrected chi connectivity index (χ0v) is 9.70. The summed E-state index contributed by atoms with van der Waals surface area (Å²) in [5, 5.41) is 8.58. The number of carbonyl (C=O) groups is 1. The Labute approximate surface area is 91.6 Å². The first-order valence-corrected chi connectivity index (χ1v) is 5.61. The third kappa shape index (κ3) is 9.69. The number of hydrogen-bond acceptors (Lipinski definition) is 3. The molecule has 0 aliphatic heterocycles. The maximum absolute atomic E-state index is 10.4. The van der Waals surface area contributed by atoms with Gasteiger partial charge in [0, 0.05) is 6.61 Å². The summed E-state index contributed by atoms with van der Waals surface area (Å²) in [5.41, 5.74) is 0. The van der Waals surface area contributed by atoms with Crippen molar-refractivity contribution in [1.82, 2.24) is 0 Å². The SMILES string of the molecule is CCCCOCCOC(CC)CC(=O)O. The topological polar surface area (TPSA) is 55.8 Å². The molecule has 0 aliphatic rings. The van der Waals surface area contributed by atoms with Crippen LogP contribution in [0.2, 0.25) is 0 Å². The molecule has 0 saturated heterocycles. The molecule has 0 rings (SSSR count). The van der Waals surface area contributed by atoms with Crippen LogP contribution in [0.15, 0.2) is 0 Å². The fraction of sp³-hybridized carbons (Fsp3) is 0.909. The summed E-state index contributed by atoms with van der Waals surface area (Å²) in [7, 11) is 0. The van der Waals surface area contributed by atoms with Gasteiger partial charge in [0.25, 0.3) is 0 Å². The standard InChI is InChI=1S/C11H22O4/c1-3-5-6-14-7-8-15-10(4-2)9-11(12)13/h10H,3-9H2,1-2H3,(H,12,13). The van der Waals surface area contributed by atoms with Gasteiger partial charge in [-0.05, 0) is 12.8 Å². The Morgan fingerprint density at radius 2 is 2.00 bits per heavy atom. The van der Waals surface area contributed by atoms with Gasteiger partial charge in [-0.25, -0.2) is 0 Å². The lowest BCUT2D eigenvalue weighted by atomic mass is 10.2. The number of rotatable bonds is 10. The van der Waals surface area contributed by atoms with Crippen LogP contribution in [0.5, 0.6) is 0 Å². The summed E-state index contributed by atoms with van der Waals surface area (Å²) >= 11 is 0. The zero-order chi connectivity index (χ0) is 11.5. The maximum Gasteiger partial charge on any atom is 0.305 e. The molecule has 1 atom stereocenters. The molecule has 1 unspecified atom stereocenters. The fourth-order valence-electron chi connectivity index (χ4n) is 1.14. The Morgan fingerprint density at radius 1 is 1.27 bits per heavy atom. The summed E-state index contributed by atoms with van der Waals surface area (Å²) in [6, 6.07) is 0. The highest BCUT2D eigenvalue weighted by atomic mass is 16.5. The molecule has 0 aliphatic carbocycles. The van der Waals surface area contributed by atoms with Crippen molar-refractivity contribution in [1.29, 1.82) is 0 Å². The molecule has 0 fully saturated rings. The lowest BCUT2D eigenvalue weighted by Gasteiger charge is -2.13. The third-order valence-electron chi connectivity index (χ3n) is 2.08. The van der Waals surface area contributed by atoms with Gasteiger partial charge in [0.05, 0.1) is 25.7 Å². The normalized spacial score (nSPS) is 12.7. The van der Waals surface area contributed by atoms with E-state index in [4.69, 9.17) is 14.6 Å².